The lowest BCUT2D eigenvalue weighted by atomic mass is 10.1. The number of aromatic nitrogens is 5. The molecule has 0 fully saturated rings. The van der Waals surface area contributed by atoms with Crippen LogP contribution in [0.4, 0.5) is 0 Å². The molecule has 0 aliphatic heterocycles. The first-order valence-corrected chi connectivity index (χ1v) is 8.79. The Kier molecular flexibility index (Phi) is 4.13. The zero-order valence-corrected chi connectivity index (χ0v) is 15.4. The maximum atomic E-state index is 6.48. The highest BCUT2D eigenvalue weighted by Gasteiger charge is 2.22. The van der Waals surface area contributed by atoms with Crippen LogP contribution in [-0.4, -0.2) is 37.1 Å². The van der Waals surface area contributed by atoms with Crippen LogP contribution in [0.1, 0.15) is 34.7 Å². The van der Waals surface area contributed by atoms with E-state index in [0.29, 0.717) is 17.4 Å². The molecule has 0 spiro atoms. The molecule has 4 rings (SSSR count). The highest BCUT2D eigenvalue weighted by molar-refractivity contribution is 6.30. The molecule has 0 bridgehead atoms. The van der Waals surface area contributed by atoms with Gasteiger partial charge in [-0.3, -0.25) is 14.7 Å². The van der Waals surface area contributed by atoms with Gasteiger partial charge in [0.2, 0.25) is 0 Å². The molecule has 7 nitrogen and oxygen atoms in total. The van der Waals surface area contributed by atoms with E-state index in [1.165, 1.54) is 17.7 Å². The smallest absolute Gasteiger partial charge is 0.134 e. The van der Waals surface area contributed by atoms with E-state index in [0.717, 1.165) is 42.1 Å². The predicted octanol–water partition coefficient (Wildman–Crippen LogP) is 2.88. The lowest BCUT2D eigenvalue weighted by Gasteiger charge is -2.16. The monoisotopic (exact) mass is 360 g/mol. The van der Waals surface area contributed by atoms with E-state index in [1.807, 2.05) is 20.0 Å². The van der Waals surface area contributed by atoms with E-state index >= 15 is 0 Å². The summed E-state index contributed by atoms with van der Waals surface area (Å²) in [5.41, 5.74) is 6.24. The highest BCUT2D eigenvalue weighted by atomic mass is 35.5. The third-order valence-electron chi connectivity index (χ3n) is 4.68. The van der Waals surface area contributed by atoms with Gasteiger partial charge >= 0.3 is 0 Å². The van der Waals surface area contributed by atoms with Gasteiger partial charge in [0.1, 0.15) is 22.3 Å². The van der Waals surface area contributed by atoms with Crippen molar-refractivity contribution in [2.45, 2.75) is 39.3 Å². The molecule has 8 heteroatoms. The fourth-order valence-corrected chi connectivity index (χ4v) is 3.66. The normalized spacial score (nSPS) is 13.8. The molecule has 0 radical (unpaired) electrons. The van der Waals surface area contributed by atoms with E-state index in [4.69, 9.17) is 16.1 Å². The van der Waals surface area contributed by atoms with Crippen molar-refractivity contribution in [1.82, 2.24) is 30.0 Å². The second kappa shape index (κ2) is 6.31. The number of nitrogens with one attached hydrogen (secondary N) is 1. The van der Waals surface area contributed by atoms with Gasteiger partial charge in [-0.05, 0) is 38.8 Å². The second-order valence-corrected chi connectivity index (χ2v) is 7.08. The summed E-state index contributed by atoms with van der Waals surface area (Å²) in [7, 11) is 3.90. The Hall–Kier alpha value is -2.12. The van der Waals surface area contributed by atoms with Crippen molar-refractivity contribution in [2.24, 2.45) is 7.05 Å². The van der Waals surface area contributed by atoms with Crippen LogP contribution >= 0.6 is 11.6 Å². The van der Waals surface area contributed by atoms with Crippen LogP contribution in [-0.2, 0) is 33.0 Å². The van der Waals surface area contributed by atoms with Gasteiger partial charge < -0.3 is 4.52 Å². The number of hydrogen-bond donors (Lipinski definition) is 1. The van der Waals surface area contributed by atoms with Gasteiger partial charge in [-0.15, -0.1) is 0 Å². The minimum atomic E-state index is 0.620. The first-order chi connectivity index (χ1) is 12.0. The predicted molar refractivity (Wildman–Crippen MR) is 94.2 cm³/mol. The van der Waals surface area contributed by atoms with Gasteiger partial charge in [0.05, 0.1) is 5.69 Å². The molecule has 0 amide bonds. The molecule has 3 aromatic rings. The van der Waals surface area contributed by atoms with E-state index in [-0.39, 0.29) is 0 Å². The third kappa shape index (κ3) is 2.98. The summed E-state index contributed by atoms with van der Waals surface area (Å²) in [5, 5.41) is 16.9. The number of H-pyrrole nitrogens is 1. The molecule has 3 aromatic heterocycles. The van der Waals surface area contributed by atoms with Gasteiger partial charge in [0.25, 0.3) is 0 Å². The zero-order chi connectivity index (χ0) is 17.6. The summed E-state index contributed by atoms with van der Waals surface area (Å²) in [6, 6.07) is 1.88. The van der Waals surface area contributed by atoms with Crippen molar-refractivity contribution in [1.29, 1.82) is 0 Å². The molecular weight excluding hydrogens is 340 g/mol. The van der Waals surface area contributed by atoms with Crippen molar-refractivity contribution < 1.29 is 4.52 Å². The number of aryl methyl sites for hydroxylation is 3. The van der Waals surface area contributed by atoms with Crippen molar-refractivity contribution in [3.05, 3.63) is 39.5 Å². The molecule has 1 N–H and O–H groups in total. The van der Waals surface area contributed by atoms with E-state index in [9.17, 15) is 0 Å². The Labute approximate surface area is 150 Å². The average Bonchev–Trinajstić information content (AvgIpc) is 3.31. The molecule has 0 saturated heterocycles. The van der Waals surface area contributed by atoms with Crippen molar-refractivity contribution in [3.63, 3.8) is 0 Å². The first-order valence-electron chi connectivity index (χ1n) is 8.41. The topological polar surface area (TPSA) is 75.8 Å². The number of hydrogen-bond acceptors (Lipinski definition) is 5. The van der Waals surface area contributed by atoms with Crippen LogP contribution in [0, 0.1) is 6.92 Å². The highest BCUT2D eigenvalue weighted by Crippen LogP contribution is 2.30. The summed E-state index contributed by atoms with van der Waals surface area (Å²) in [4.78, 5) is 2.20. The third-order valence-corrected chi connectivity index (χ3v) is 5.15. The molecule has 0 atom stereocenters. The van der Waals surface area contributed by atoms with Crippen molar-refractivity contribution in [3.8, 4) is 11.4 Å². The number of fused-ring (bicyclic) bond motifs is 1. The Morgan fingerprint density at radius 1 is 1.36 bits per heavy atom. The maximum absolute atomic E-state index is 6.48. The SMILES string of the molecule is Cc1cc(-c2nn(C)c(Cl)c2CN(C)Cc2n[nH]c3c2CCC3)no1. The Bertz CT molecular complexity index is 909. The Morgan fingerprint density at radius 3 is 2.96 bits per heavy atom. The van der Waals surface area contributed by atoms with Crippen molar-refractivity contribution in [2.75, 3.05) is 7.05 Å². The van der Waals surface area contributed by atoms with Crippen LogP contribution in [0.2, 0.25) is 5.15 Å². The average molecular weight is 361 g/mol. The van der Waals surface area contributed by atoms with Gasteiger partial charge in [-0.1, -0.05) is 16.8 Å². The molecule has 0 saturated carbocycles. The Balaban J connectivity index is 1.57. The zero-order valence-electron chi connectivity index (χ0n) is 14.6. The molecule has 25 heavy (non-hydrogen) atoms. The fourth-order valence-electron chi connectivity index (χ4n) is 3.47. The van der Waals surface area contributed by atoms with Gasteiger partial charge in [-0.25, -0.2) is 0 Å². The van der Waals surface area contributed by atoms with Crippen LogP contribution < -0.4 is 0 Å². The minimum absolute atomic E-state index is 0.620. The summed E-state index contributed by atoms with van der Waals surface area (Å²) in [5.74, 6) is 0.753. The number of halogens is 1. The number of rotatable bonds is 5. The lowest BCUT2D eigenvalue weighted by molar-refractivity contribution is 0.314. The van der Waals surface area contributed by atoms with E-state index < -0.39 is 0 Å². The van der Waals surface area contributed by atoms with Crippen molar-refractivity contribution >= 4 is 11.6 Å². The quantitative estimate of drug-likeness (QED) is 0.757. The van der Waals surface area contributed by atoms with E-state index in [2.05, 4.69) is 32.4 Å². The van der Waals surface area contributed by atoms with E-state index in [1.54, 1.807) is 4.68 Å². The lowest BCUT2D eigenvalue weighted by Crippen LogP contribution is -2.18. The molecular formula is C17H21ClN6O. The summed E-state index contributed by atoms with van der Waals surface area (Å²) < 4.78 is 6.87. The standard InChI is InChI=1S/C17H21ClN6O/c1-10-7-14(22-25-10)16-12(17(18)24(3)21-16)8-23(2)9-15-11-5-4-6-13(11)19-20-15/h7H,4-6,8-9H2,1-3H3,(H,19,20). The van der Waals surface area contributed by atoms with Crippen LogP contribution in [0.15, 0.2) is 10.6 Å². The van der Waals surface area contributed by atoms with Crippen LogP contribution in [0.3, 0.4) is 0 Å². The van der Waals surface area contributed by atoms with Crippen LogP contribution in [0.25, 0.3) is 11.4 Å². The summed E-state index contributed by atoms with van der Waals surface area (Å²) >= 11 is 6.48. The van der Waals surface area contributed by atoms with Gasteiger partial charge in [-0.2, -0.15) is 10.2 Å². The first kappa shape index (κ1) is 16.4. The largest absolute Gasteiger partial charge is 0.361 e. The Morgan fingerprint density at radius 2 is 2.20 bits per heavy atom. The summed E-state index contributed by atoms with van der Waals surface area (Å²) in [6.45, 7) is 3.30. The number of nitrogens with zero attached hydrogens (tertiary/aromatic N) is 5. The maximum Gasteiger partial charge on any atom is 0.134 e. The van der Waals surface area contributed by atoms with Gasteiger partial charge in [0, 0.05) is 37.5 Å². The van der Waals surface area contributed by atoms with Gasteiger partial charge in [0.15, 0.2) is 0 Å². The molecule has 1 aliphatic carbocycles. The molecule has 0 unspecified atom stereocenters. The minimum Gasteiger partial charge on any atom is -0.361 e. The summed E-state index contributed by atoms with van der Waals surface area (Å²) in [6.07, 6.45) is 3.44. The number of aromatic amines is 1. The molecule has 1 aliphatic rings. The molecule has 0 aromatic carbocycles. The molecule has 132 valence electrons. The second-order valence-electron chi connectivity index (χ2n) is 6.72. The van der Waals surface area contributed by atoms with Crippen LogP contribution in [0.5, 0.6) is 0 Å². The molecule has 3 heterocycles. The fraction of sp³-hybridized carbons (Fsp3) is 0.471.